The molecule has 0 unspecified atom stereocenters. The monoisotopic (exact) mass is 371 g/mol. The van der Waals surface area contributed by atoms with Crippen molar-refractivity contribution in [2.24, 2.45) is 0 Å². The van der Waals surface area contributed by atoms with E-state index >= 15 is 0 Å². The second-order valence-corrected chi connectivity index (χ2v) is 7.69. The van der Waals surface area contributed by atoms with E-state index in [0.29, 0.717) is 22.8 Å². The van der Waals surface area contributed by atoms with E-state index in [9.17, 15) is 4.39 Å². The number of hydrogen-bond acceptors (Lipinski definition) is 5. The molecule has 3 aromatic rings. The molecule has 2 aromatic heterocycles. The summed E-state index contributed by atoms with van der Waals surface area (Å²) in [4.78, 5) is 6.97. The van der Waals surface area contributed by atoms with E-state index in [0.717, 1.165) is 32.0 Å². The second-order valence-electron chi connectivity index (χ2n) is 6.91. The Kier molecular flexibility index (Phi) is 5.13. The normalized spacial score (nSPS) is 14.3. The molecule has 0 atom stereocenters. The Morgan fingerprint density at radius 3 is 2.92 bits per heavy atom. The summed E-state index contributed by atoms with van der Waals surface area (Å²) in [6.45, 7) is 3.78. The third-order valence-electron chi connectivity index (χ3n) is 4.76. The number of nitrogens with zero attached hydrogens (tertiary/aromatic N) is 3. The quantitative estimate of drug-likeness (QED) is 0.568. The number of hydrogen-bond donors (Lipinski definition) is 0. The fourth-order valence-electron chi connectivity index (χ4n) is 3.09. The molecule has 4 rings (SSSR count). The Hall–Kier alpha value is -2.05. The van der Waals surface area contributed by atoms with E-state index in [2.05, 4.69) is 31.9 Å². The van der Waals surface area contributed by atoms with Crippen molar-refractivity contribution in [2.75, 3.05) is 6.54 Å². The van der Waals surface area contributed by atoms with Gasteiger partial charge in [0.05, 0.1) is 0 Å². The van der Waals surface area contributed by atoms with Gasteiger partial charge in [0.1, 0.15) is 5.82 Å². The maximum atomic E-state index is 13.7. The van der Waals surface area contributed by atoms with Crippen LogP contribution in [0.1, 0.15) is 36.3 Å². The predicted molar refractivity (Wildman–Crippen MR) is 101 cm³/mol. The topological polar surface area (TPSA) is 42.2 Å². The van der Waals surface area contributed by atoms with Crippen LogP contribution in [0.25, 0.3) is 11.4 Å². The van der Waals surface area contributed by atoms with Gasteiger partial charge in [-0.3, -0.25) is 4.90 Å². The van der Waals surface area contributed by atoms with Crippen LogP contribution in [-0.4, -0.2) is 27.6 Å². The number of thiophene rings is 1. The first-order valence-electron chi connectivity index (χ1n) is 9.03. The first kappa shape index (κ1) is 17.4. The Balaban J connectivity index is 1.33. The van der Waals surface area contributed by atoms with Crippen LogP contribution in [0.5, 0.6) is 0 Å². The number of benzene rings is 1. The van der Waals surface area contributed by atoms with Crippen LogP contribution < -0.4 is 0 Å². The average molecular weight is 371 g/mol. The van der Waals surface area contributed by atoms with E-state index in [1.54, 1.807) is 24.3 Å². The summed E-state index contributed by atoms with van der Waals surface area (Å²) in [5, 5.41) is 8.35. The maximum absolute atomic E-state index is 13.7. The zero-order chi connectivity index (χ0) is 17.9. The maximum Gasteiger partial charge on any atom is 0.227 e. The van der Waals surface area contributed by atoms with Gasteiger partial charge in [0.25, 0.3) is 0 Å². The van der Waals surface area contributed by atoms with Crippen molar-refractivity contribution in [1.29, 1.82) is 0 Å². The molecule has 136 valence electrons. The van der Waals surface area contributed by atoms with Gasteiger partial charge in [0.2, 0.25) is 11.7 Å². The van der Waals surface area contributed by atoms with Gasteiger partial charge in [0.15, 0.2) is 0 Å². The second kappa shape index (κ2) is 7.68. The van der Waals surface area contributed by atoms with Crippen LogP contribution in [0, 0.1) is 12.7 Å². The Morgan fingerprint density at radius 2 is 2.19 bits per heavy atom. The Morgan fingerprint density at radius 1 is 1.31 bits per heavy atom. The summed E-state index contributed by atoms with van der Waals surface area (Å²) >= 11 is 1.75. The summed E-state index contributed by atoms with van der Waals surface area (Å²) < 4.78 is 19.1. The average Bonchev–Trinajstić information content (AvgIpc) is 3.15. The molecule has 0 radical (unpaired) electrons. The molecule has 0 N–H and O–H groups in total. The van der Waals surface area contributed by atoms with Crippen LogP contribution >= 0.6 is 11.3 Å². The fourth-order valence-corrected chi connectivity index (χ4v) is 3.75. The van der Waals surface area contributed by atoms with Gasteiger partial charge in [-0.1, -0.05) is 17.3 Å². The van der Waals surface area contributed by atoms with Crippen LogP contribution in [0.15, 0.2) is 39.5 Å². The lowest BCUT2D eigenvalue weighted by molar-refractivity contribution is 0.247. The van der Waals surface area contributed by atoms with E-state index in [4.69, 9.17) is 4.52 Å². The van der Waals surface area contributed by atoms with E-state index < -0.39 is 0 Å². The lowest BCUT2D eigenvalue weighted by atomic mass is 10.1. The molecule has 2 heterocycles. The lowest BCUT2D eigenvalue weighted by Crippen LogP contribution is -2.26. The summed E-state index contributed by atoms with van der Waals surface area (Å²) in [5.74, 6) is 0.825. The molecule has 0 aliphatic heterocycles. The SMILES string of the molecule is Cc1ccc(-c2noc(CCCN(Cc3ccsc3)C3CC3)n2)cc1F. The van der Waals surface area contributed by atoms with E-state index in [1.165, 1.54) is 24.5 Å². The minimum absolute atomic E-state index is 0.248. The van der Waals surface area contributed by atoms with Gasteiger partial charge in [-0.15, -0.1) is 0 Å². The van der Waals surface area contributed by atoms with Crippen molar-refractivity contribution in [2.45, 2.75) is 45.2 Å². The number of halogens is 1. The molecule has 1 fully saturated rings. The minimum Gasteiger partial charge on any atom is -0.339 e. The minimum atomic E-state index is -0.248. The van der Waals surface area contributed by atoms with Crippen molar-refractivity contribution < 1.29 is 8.91 Å². The molecule has 0 saturated heterocycles. The number of rotatable bonds is 8. The van der Waals surface area contributed by atoms with Gasteiger partial charge >= 0.3 is 0 Å². The zero-order valence-corrected chi connectivity index (χ0v) is 15.6. The third kappa shape index (κ3) is 4.19. The van der Waals surface area contributed by atoms with Gasteiger partial charge in [-0.25, -0.2) is 4.39 Å². The predicted octanol–water partition coefficient (Wildman–Crippen LogP) is 4.84. The molecule has 0 bridgehead atoms. The van der Waals surface area contributed by atoms with Crippen molar-refractivity contribution in [3.63, 3.8) is 0 Å². The van der Waals surface area contributed by atoms with Crippen molar-refractivity contribution in [1.82, 2.24) is 15.0 Å². The van der Waals surface area contributed by atoms with Gasteiger partial charge < -0.3 is 4.52 Å². The lowest BCUT2D eigenvalue weighted by Gasteiger charge is -2.20. The molecule has 26 heavy (non-hydrogen) atoms. The van der Waals surface area contributed by atoms with Crippen molar-refractivity contribution in [3.8, 4) is 11.4 Å². The highest BCUT2D eigenvalue weighted by atomic mass is 32.1. The summed E-state index contributed by atoms with van der Waals surface area (Å²) in [6, 6.07) is 7.94. The Bertz CT molecular complexity index is 858. The standard InChI is InChI=1S/C20H22FN3OS/c1-14-4-5-16(11-18(14)21)20-22-19(25-23-20)3-2-9-24(17-6-7-17)12-15-8-10-26-13-15/h4-5,8,10-11,13,17H,2-3,6-7,9,12H2,1H3. The van der Waals surface area contributed by atoms with E-state index in [1.807, 2.05) is 6.07 Å². The smallest absolute Gasteiger partial charge is 0.227 e. The van der Waals surface area contributed by atoms with Crippen LogP contribution in [0.4, 0.5) is 4.39 Å². The van der Waals surface area contributed by atoms with Crippen LogP contribution in [0.2, 0.25) is 0 Å². The van der Waals surface area contributed by atoms with Crippen molar-refractivity contribution in [3.05, 3.63) is 57.9 Å². The molecular formula is C20H22FN3OS. The molecule has 4 nitrogen and oxygen atoms in total. The summed E-state index contributed by atoms with van der Waals surface area (Å²) in [5.41, 5.74) is 2.66. The first-order chi connectivity index (χ1) is 12.7. The molecule has 0 spiro atoms. The highest BCUT2D eigenvalue weighted by Gasteiger charge is 2.28. The molecular weight excluding hydrogens is 349 g/mol. The molecule has 1 aliphatic rings. The molecule has 1 aromatic carbocycles. The van der Waals surface area contributed by atoms with Gasteiger partial charge in [-0.2, -0.15) is 16.3 Å². The fraction of sp³-hybridized carbons (Fsp3) is 0.400. The van der Waals surface area contributed by atoms with Gasteiger partial charge in [0, 0.05) is 24.6 Å². The van der Waals surface area contributed by atoms with Gasteiger partial charge in [-0.05, 0) is 66.8 Å². The molecule has 1 saturated carbocycles. The van der Waals surface area contributed by atoms with E-state index in [-0.39, 0.29) is 5.82 Å². The molecule has 0 amide bonds. The highest BCUT2D eigenvalue weighted by molar-refractivity contribution is 7.07. The van der Waals surface area contributed by atoms with Crippen molar-refractivity contribution >= 4 is 11.3 Å². The largest absolute Gasteiger partial charge is 0.339 e. The first-order valence-corrected chi connectivity index (χ1v) is 9.97. The van der Waals surface area contributed by atoms with Crippen LogP contribution in [-0.2, 0) is 13.0 Å². The highest BCUT2D eigenvalue weighted by Crippen LogP contribution is 2.29. The third-order valence-corrected chi connectivity index (χ3v) is 5.50. The summed E-state index contributed by atoms with van der Waals surface area (Å²) in [7, 11) is 0. The molecule has 1 aliphatic carbocycles. The number of aromatic nitrogens is 2. The van der Waals surface area contributed by atoms with Crippen LogP contribution in [0.3, 0.4) is 0 Å². The zero-order valence-electron chi connectivity index (χ0n) is 14.8. The summed E-state index contributed by atoms with van der Waals surface area (Å²) in [6.07, 6.45) is 4.32. The Labute approximate surface area is 156 Å². The molecule has 6 heteroatoms. The number of aryl methyl sites for hydroxylation is 2.